The summed E-state index contributed by atoms with van der Waals surface area (Å²) in [5.41, 5.74) is 2.35. The van der Waals surface area contributed by atoms with Crippen LogP contribution in [-0.2, 0) is 12.3 Å². The standard InChI is InChI=1S/C16H21N3S/c1-12(2)18-10-14-8-9-17-16(19-14)11-20-15-7-5-4-6-13(15)3/h4-9,12,18H,10-11H2,1-3H3. The van der Waals surface area contributed by atoms with E-state index >= 15 is 0 Å². The maximum atomic E-state index is 4.59. The molecule has 0 amide bonds. The van der Waals surface area contributed by atoms with Gasteiger partial charge in [-0.15, -0.1) is 11.8 Å². The SMILES string of the molecule is Cc1ccccc1SCc1nccc(CNC(C)C)n1. The van der Waals surface area contributed by atoms with Crippen molar-refractivity contribution in [1.82, 2.24) is 15.3 Å². The number of thioether (sulfide) groups is 1. The van der Waals surface area contributed by atoms with E-state index < -0.39 is 0 Å². The van der Waals surface area contributed by atoms with Crippen molar-refractivity contribution in [2.75, 3.05) is 0 Å². The van der Waals surface area contributed by atoms with E-state index in [9.17, 15) is 0 Å². The van der Waals surface area contributed by atoms with E-state index in [1.165, 1.54) is 10.5 Å². The molecule has 0 aliphatic heterocycles. The highest BCUT2D eigenvalue weighted by Gasteiger charge is 2.03. The third-order valence-electron chi connectivity index (χ3n) is 2.90. The summed E-state index contributed by atoms with van der Waals surface area (Å²) in [4.78, 5) is 10.2. The van der Waals surface area contributed by atoms with E-state index in [1.807, 2.05) is 12.3 Å². The van der Waals surface area contributed by atoms with Crippen LogP contribution < -0.4 is 5.32 Å². The van der Waals surface area contributed by atoms with Crippen molar-refractivity contribution in [2.45, 2.75) is 44.0 Å². The van der Waals surface area contributed by atoms with Gasteiger partial charge in [0.1, 0.15) is 5.82 Å². The molecule has 0 radical (unpaired) electrons. The molecule has 0 spiro atoms. The Labute approximate surface area is 125 Å². The van der Waals surface area contributed by atoms with Crippen molar-refractivity contribution in [1.29, 1.82) is 0 Å². The molecule has 2 aromatic rings. The zero-order valence-electron chi connectivity index (χ0n) is 12.3. The maximum absolute atomic E-state index is 4.59. The van der Waals surface area contributed by atoms with Gasteiger partial charge in [-0.2, -0.15) is 0 Å². The summed E-state index contributed by atoms with van der Waals surface area (Å²) in [5, 5.41) is 3.37. The van der Waals surface area contributed by atoms with Crippen LogP contribution in [0.3, 0.4) is 0 Å². The molecule has 20 heavy (non-hydrogen) atoms. The highest BCUT2D eigenvalue weighted by atomic mass is 32.2. The lowest BCUT2D eigenvalue weighted by atomic mass is 10.2. The molecule has 1 heterocycles. The number of hydrogen-bond donors (Lipinski definition) is 1. The minimum absolute atomic E-state index is 0.467. The van der Waals surface area contributed by atoms with Crippen molar-refractivity contribution in [2.24, 2.45) is 0 Å². The largest absolute Gasteiger partial charge is 0.309 e. The Kier molecular flexibility index (Phi) is 5.56. The van der Waals surface area contributed by atoms with Gasteiger partial charge in [-0.25, -0.2) is 9.97 Å². The summed E-state index contributed by atoms with van der Waals surface area (Å²) >= 11 is 1.79. The molecule has 0 saturated heterocycles. The topological polar surface area (TPSA) is 37.8 Å². The third kappa shape index (κ3) is 4.62. The Hall–Kier alpha value is -1.39. The Morgan fingerprint density at radius 3 is 2.75 bits per heavy atom. The number of hydrogen-bond acceptors (Lipinski definition) is 4. The van der Waals surface area contributed by atoms with E-state index in [-0.39, 0.29) is 0 Å². The number of aryl methyl sites for hydroxylation is 1. The fraction of sp³-hybridized carbons (Fsp3) is 0.375. The minimum atomic E-state index is 0.467. The van der Waals surface area contributed by atoms with Gasteiger partial charge in [0, 0.05) is 23.7 Å². The molecular formula is C16H21N3S. The molecule has 4 heteroatoms. The normalized spacial score (nSPS) is 11.0. The van der Waals surface area contributed by atoms with Crippen LogP contribution in [0.4, 0.5) is 0 Å². The predicted molar refractivity (Wildman–Crippen MR) is 84.7 cm³/mol. The van der Waals surface area contributed by atoms with E-state index in [1.54, 1.807) is 11.8 Å². The summed E-state index contributed by atoms with van der Waals surface area (Å²) in [6, 6.07) is 10.8. The summed E-state index contributed by atoms with van der Waals surface area (Å²) in [6.45, 7) is 7.20. The van der Waals surface area contributed by atoms with Gasteiger partial charge in [-0.05, 0) is 24.6 Å². The van der Waals surface area contributed by atoms with Crippen LogP contribution in [-0.4, -0.2) is 16.0 Å². The number of nitrogens with zero attached hydrogens (tertiary/aromatic N) is 2. The molecular weight excluding hydrogens is 266 g/mol. The zero-order chi connectivity index (χ0) is 14.4. The Bertz CT molecular complexity index is 555. The van der Waals surface area contributed by atoms with Gasteiger partial charge < -0.3 is 5.32 Å². The number of rotatable bonds is 6. The monoisotopic (exact) mass is 287 g/mol. The Balaban J connectivity index is 1.96. The highest BCUT2D eigenvalue weighted by molar-refractivity contribution is 7.98. The average molecular weight is 287 g/mol. The van der Waals surface area contributed by atoms with Gasteiger partial charge in [0.25, 0.3) is 0 Å². The van der Waals surface area contributed by atoms with E-state index in [4.69, 9.17) is 0 Å². The van der Waals surface area contributed by atoms with E-state index in [0.717, 1.165) is 23.8 Å². The van der Waals surface area contributed by atoms with Crippen molar-refractivity contribution in [3.63, 3.8) is 0 Å². The van der Waals surface area contributed by atoms with Crippen LogP contribution in [0.1, 0.15) is 30.9 Å². The Morgan fingerprint density at radius 1 is 1.20 bits per heavy atom. The van der Waals surface area contributed by atoms with Gasteiger partial charge in [-0.1, -0.05) is 32.0 Å². The second-order valence-electron chi connectivity index (χ2n) is 5.05. The van der Waals surface area contributed by atoms with Gasteiger partial charge in [0.15, 0.2) is 0 Å². The van der Waals surface area contributed by atoms with Crippen molar-refractivity contribution in [3.05, 3.63) is 53.6 Å². The smallest absolute Gasteiger partial charge is 0.138 e. The fourth-order valence-electron chi connectivity index (χ4n) is 1.78. The van der Waals surface area contributed by atoms with Gasteiger partial charge in [-0.3, -0.25) is 0 Å². The first-order valence-corrected chi connectivity index (χ1v) is 7.86. The predicted octanol–water partition coefficient (Wildman–Crippen LogP) is 3.58. The lowest BCUT2D eigenvalue weighted by Gasteiger charge is -2.08. The summed E-state index contributed by atoms with van der Waals surface area (Å²) in [7, 11) is 0. The van der Waals surface area contributed by atoms with Gasteiger partial charge >= 0.3 is 0 Å². The molecule has 0 aliphatic rings. The van der Waals surface area contributed by atoms with Crippen LogP contribution >= 0.6 is 11.8 Å². The van der Waals surface area contributed by atoms with Gasteiger partial charge in [0.05, 0.1) is 11.4 Å². The van der Waals surface area contributed by atoms with Gasteiger partial charge in [0.2, 0.25) is 0 Å². The average Bonchev–Trinajstić information content (AvgIpc) is 2.45. The van der Waals surface area contributed by atoms with Crippen LogP contribution in [0.15, 0.2) is 41.4 Å². The lowest BCUT2D eigenvalue weighted by Crippen LogP contribution is -2.22. The molecule has 2 rings (SSSR count). The molecule has 0 unspecified atom stereocenters. The Morgan fingerprint density at radius 2 is 2.00 bits per heavy atom. The zero-order valence-corrected chi connectivity index (χ0v) is 13.1. The molecule has 0 saturated carbocycles. The maximum Gasteiger partial charge on any atom is 0.138 e. The molecule has 0 bridgehead atoms. The van der Waals surface area contributed by atoms with Crippen LogP contribution in [0.5, 0.6) is 0 Å². The third-order valence-corrected chi connectivity index (χ3v) is 4.08. The number of benzene rings is 1. The molecule has 1 aromatic heterocycles. The molecule has 0 aliphatic carbocycles. The number of aromatic nitrogens is 2. The molecule has 0 fully saturated rings. The molecule has 0 atom stereocenters. The quantitative estimate of drug-likeness (QED) is 0.824. The summed E-state index contributed by atoms with van der Waals surface area (Å²) in [6.07, 6.45) is 1.85. The second kappa shape index (κ2) is 7.41. The molecule has 1 aromatic carbocycles. The first kappa shape index (κ1) is 15.0. The lowest BCUT2D eigenvalue weighted by molar-refractivity contribution is 0.579. The van der Waals surface area contributed by atoms with Crippen molar-refractivity contribution < 1.29 is 0 Å². The van der Waals surface area contributed by atoms with Crippen molar-refractivity contribution in [3.8, 4) is 0 Å². The van der Waals surface area contributed by atoms with E-state index in [2.05, 4.69) is 60.3 Å². The fourth-order valence-corrected chi connectivity index (χ4v) is 2.67. The second-order valence-corrected chi connectivity index (χ2v) is 6.07. The van der Waals surface area contributed by atoms with Crippen LogP contribution in [0.2, 0.25) is 0 Å². The summed E-state index contributed by atoms with van der Waals surface area (Å²) in [5.74, 6) is 1.70. The van der Waals surface area contributed by atoms with Crippen molar-refractivity contribution >= 4 is 11.8 Å². The first-order valence-electron chi connectivity index (χ1n) is 6.88. The molecule has 3 nitrogen and oxygen atoms in total. The van der Waals surface area contributed by atoms with Crippen LogP contribution in [0.25, 0.3) is 0 Å². The first-order chi connectivity index (χ1) is 9.65. The molecule has 106 valence electrons. The highest BCUT2D eigenvalue weighted by Crippen LogP contribution is 2.24. The number of nitrogens with one attached hydrogen (secondary N) is 1. The van der Waals surface area contributed by atoms with E-state index in [0.29, 0.717) is 6.04 Å². The van der Waals surface area contributed by atoms with Crippen LogP contribution in [0, 0.1) is 6.92 Å². The minimum Gasteiger partial charge on any atom is -0.309 e. The summed E-state index contributed by atoms with van der Waals surface area (Å²) < 4.78 is 0. The molecule has 1 N–H and O–H groups in total.